The summed E-state index contributed by atoms with van der Waals surface area (Å²) in [7, 11) is 1.73. The summed E-state index contributed by atoms with van der Waals surface area (Å²) in [6.45, 7) is 10.9. The molecule has 0 aromatic heterocycles. The van der Waals surface area contributed by atoms with E-state index in [1.165, 1.54) is 0 Å². The number of alkyl carbamates (subject to hydrolysis) is 1. The van der Waals surface area contributed by atoms with Gasteiger partial charge in [-0.1, -0.05) is 105 Å². The van der Waals surface area contributed by atoms with Crippen LogP contribution in [0.5, 0.6) is 0 Å². The predicted molar refractivity (Wildman–Crippen MR) is 213 cm³/mol. The Bertz CT molecular complexity index is 1640. The van der Waals surface area contributed by atoms with Crippen molar-refractivity contribution < 1.29 is 33.8 Å². The molecule has 0 aliphatic carbocycles. The molecule has 0 spiro atoms. The van der Waals surface area contributed by atoms with Crippen LogP contribution in [-0.2, 0) is 38.5 Å². The smallest absolute Gasteiger partial charge is 0.409 e. The van der Waals surface area contributed by atoms with Crippen LogP contribution in [0.3, 0.4) is 0 Å². The van der Waals surface area contributed by atoms with E-state index in [0.717, 1.165) is 29.5 Å². The lowest BCUT2D eigenvalue weighted by molar-refractivity contribution is -0.140. The van der Waals surface area contributed by atoms with Gasteiger partial charge in [0.05, 0.1) is 12.1 Å². The number of ether oxygens (including phenoxy) is 2. The van der Waals surface area contributed by atoms with Crippen molar-refractivity contribution >= 4 is 24.0 Å². The molecule has 1 fully saturated rings. The molecule has 11 nitrogen and oxygen atoms in total. The van der Waals surface area contributed by atoms with E-state index in [1.807, 2.05) is 105 Å². The largest absolute Gasteiger partial charge is 0.445 e. The molecule has 1 aliphatic heterocycles. The van der Waals surface area contributed by atoms with Crippen molar-refractivity contribution in [2.75, 3.05) is 26.7 Å². The topological polar surface area (TPSA) is 138 Å². The number of carbonyl (C=O) groups is 4. The zero-order valence-corrected chi connectivity index (χ0v) is 33.3. The third-order valence-electron chi connectivity index (χ3n) is 9.89. The Labute approximate surface area is 326 Å². The maximum absolute atomic E-state index is 14.2. The van der Waals surface area contributed by atoms with Gasteiger partial charge in [-0.3, -0.25) is 9.59 Å². The minimum absolute atomic E-state index is 0.0414. The normalized spacial score (nSPS) is 15.7. The summed E-state index contributed by atoms with van der Waals surface area (Å²) in [6, 6.07) is 27.1. The number of hydrogen-bond donors (Lipinski definition) is 3. The second-order valence-corrected chi connectivity index (χ2v) is 16.1. The van der Waals surface area contributed by atoms with Crippen molar-refractivity contribution in [2.45, 2.75) is 97.1 Å². The molecule has 4 atom stereocenters. The fraction of sp³-hybridized carbons (Fsp3) is 0.500. The number of rotatable bonds is 16. The Balaban J connectivity index is 1.40. The van der Waals surface area contributed by atoms with Gasteiger partial charge >= 0.3 is 12.2 Å². The van der Waals surface area contributed by atoms with Crippen LogP contribution < -0.4 is 10.6 Å². The Kier molecular flexibility index (Phi) is 16.1. The summed E-state index contributed by atoms with van der Waals surface area (Å²) in [6.07, 6.45) is 0.00311. The van der Waals surface area contributed by atoms with E-state index < -0.39 is 35.8 Å². The predicted octanol–water partition coefficient (Wildman–Crippen LogP) is 6.38. The van der Waals surface area contributed by atoms with Gasteiger partial charge in [-0.15, -0.1) is 0 Å². The average Bonchev–Trinajstić information content (AvgIpc) is 3.15. The van der Waals surface area contributed by atoms with Crippen LogP contribution in [0.15, 0.2) is 91.0 Å². The van der Waals surface area contributed by atoms with Crippen molar-refractivity contribution in [1.82, 2.24) is 20.4 Å². The summed E-state index contributed by atoms with van der Waals surface area (Å²) < 4.78 is 11.0. The third-order valence-corrected chi connectivity index (χ3v) is 9.89. The molecular formula is C44H60N4O7. The quantitative estimate of drug-likeness (QED) is 0.154. The fourth-order valence-electron chi connectivity index (χ4n) is 6.86. The maximum atomic E-state index is 14.2. The Morgan fingerprint density at radius 3 is 1.87 bits per heavy atom. The molecule has 0 bridgehead atoms. The lowest BCUT2D eigenvalue weighted by Gasteiger charge is -2.37. The average molecular weight is 757 g/mol. The molecule has 0 radical (unpaired) electrons. The first-order valence-electron chi connectivity index (χ1n) is 19.4. The highest BCUT2D eigenvalue weighted by Crippen LogP contribution is 2.23. The maximum Gasteiger partial charge on any atom is 0.409 e. The van der Waals surface area contributed by atoms with E-state index in [0.29, 0.717) is 32.5 Å². The zero-order chi connectivity index (χ0) is 40.0. The van der Waals surface area contributed by atoms with Crippen LogP contribution in [0.25, 0.3) is 0 Å². The van der Waals surface area contributed by atoms with Crippen LogP contribution in [0.4, 0.5) is 9.59 Å². The van der Waals surface area contributed by atoms with Gasteiger partial charge in [-0.2, -0.15) is 0 Å². The van der Waals surface area contributed by atoms with Crippen LogP contribution in [0, 0.1) is 17.8 Å². The number of nitrogens with one attached hydrogen (secondary N) is 2. The lowest BCUT2D eigenvalue weighted by atomic mass is 9.88. The molecule has 3 N–H and O–H groups in total. The van der Waals surface area contributed by atoms with Crippen LogP contribution >= 0.6 is 0 Å². The fourth-order valence-corrected chi connectivity index (χ4v) is 6.86. The van der Waals surface area contributed by atoms with Crippen molar-refractivity contribution in [1.29, 1.82) is 0 Å². The summed E-state index contributed by atoms with van der Waals surface area (Å²) in [5.41, 5.74) is 2.02. The number of piperidine rings is 1. The zero-order valence-electron chi connectivity index (χ0n) is 33.3. The minimum atomic E-state index is -1.10. The number of aliphatic hydroxyl groups is 1. The van der Waals surface area contributed by atoms with Gasteiger partial charge in [0.15, 0.2) is 0 Å². The molecule has 3 aromatic carbocycles. The molecule has 11 heteroatoms. The number of benzene rings is 3. The van der Waals surface area contributed by atoms with E-state index in [-0.39, 0.29) is 42.8 Å². The molecular weight excluding hydrogens is 697 g/mol. The van der Waals surface area contributed by atoms with E-state index in [4.69, 9.17) is 9.47 Å². The SMILES string of the molecule is CC(C)[C@H](NC(=O)C(Cc1ccccc1)CC(O)C(Cc1ccccc1)NC(=O)OC(C)(C)C)C(=O)N1CCC(CN(C)C(=O)OCc2ccccc2)CC1. The summed E-state index contributed by atoms with van der Waals surface area (Å²) in [5, 5.41) is 17.6. The molecule has 3 unspecified atom stereocenters. The summed E-state index contributed by atoms with van der Waals surface area (Å²) in [4.78, 5) is 57.1. The third kappa shape index (κ3) is 14.4. The van der Waals surface area contributed by atoms with Gasteiger partial charge in [-0.05, 0) is 81.4 Å². The number of hydrogen-bond acceptors (Lipinski definition) is 7. The van der Waals surface area contributed by atoms with E-state index in [9.17, 15) is 24.3 Å². The molecule has 1 aliphatic rings. The van der Waals surface area contributed by atoms with Gasteiger partial charge in [0.25, 0.3) is 0 Å². The van der Waals surface area contributed by atoms with Gasteiger partial charge < -0.3 is 35.0 Å². The second kappa shape index (κ2) is 20.7. The molecule has 298 valence electrons. The number of nitrogens with zero attached hydrogens (tertiary/aromatic N) is 2. The van der Waals surface area contributed by atoms with Gasteiger partial charge in [0.2, 0.25) is 11.8 Å². The number of amides is 4. The Morgan fingerprint density at radius 1 is 0.818 bits per heavy atom. The standard InChI is InChI=1S/C44H60N4O7/c1-31(2)39(41(51)48-24-22-34(23-25-48)29-47(6)43(53)54-30-35-20-14-9-15-21-35)46-40(50)36(26-32-16-10-7-11-17-32)28-38(49)37(27-33-18-12-8-13-19-33)45-42(52)55-44(3,4)5/h7-21,31,34,36-39,49H,22-30H2,1-6H3,(H,45,52)(H,46,50)/t36?,37?,38?,39-/m0/s1. The van der Waals surface area contributed by atoms with Gasteiger partial charge in [0, 0.05) is 32.6 Å². The van der Waals surface area contributed by atoms with Crippen LogP contribution in [0.2, 0.25) is 0 Å². The molecule has 1 heterocycles. The molecule has 55 heavy (non-hydrogen) atoms. The molecule has 4 amide bonds. The van der Waals surface area contributed by atoms with Crippen molar-refractivity contribution in [3.8, 4) is 0 Å². The van der Waals surface area contributed by atoms with E-state index >= 15 is 0 Å². The first kappa shape index (κ1) is 42.8. The molecule has 4 rings (SSSR count). The van der Waals surface area contributed by atoms with E-state index in [1.54, 1.807) is 37.6 Å². The highest BCUT2D eigenvalue weighted by molar-refractivity contribution is 5.89. The number of carbonyl (C=O) groups excluding carboxylic acids is 4. The highest BCUT2D eigenvalue weighted by Gasteiger charge is 2.35. The van der Waals surface area contributed by atoms with Crippen molar-refractivity contribution in [3.63, 3.8) is 0 Å². The number of likely N-dealkylation sites (tertiary alicyclic amines) is 1. The van der Waals surface area contributed by atoms with Crippen LogP contribution in [0.1, 0.15) is 70.6 Å². The van der Waals surface area contributed by atoms with Gasteiger partial charge in [-0.25, -0.2) is 9.59 Å². The second-order valence-electron chi connectivity index (χ2n) is 16.1. The lowest BCUT2D eigenvalue weighted by Crippen LogP contribution is -2.55. The first-order chi connectivity index (χ1) is 26.2. The molecule has 1 saturated heterocycles. The monoisotopic (exact) mass is 756 g/mol. The first-order valence-corrected chi connectivity index (χ1v) is 19.4. The highest BCUT2D eigenvalue weighted by atomic mass is 16.6. The van der Waals surface area contributed by atoms with Gasteiger partial charge in [0.1, 0.15) is 18.2 Å². The summed E-state index contributed by atoms with van der Waals surface area (Å²) >= 11 is 0. The Hall–Kier alpha value is -4.90. The summed E-state index contributed by atoms with van der Waals surface area (Å²) in [5.74, 6) is -1.17. The Morgan fingerprint density at radius 2 is 1.35 bits per heavy atom. The minimum Gasteiger partial charge on any atom is -0.445 e. The van der Waals surface area contributed by atoms with E-state index in [2.05, 4.69) is 10.6 Å². The number of aliphatic hydroxyl groups excluding tert-OH is 1. The van der Waals surface area contributed by atoms with Crippen molar-refractivity contribution in [2.24, 2.45) is 17.8 Å². The van der Waals surface area contributed by atoms with Crippen molar-refractivity contribution in [3.05, 3.63) is 108 Å². The molecule has 3 aromatic rings. The van der Waals surface area contributed by atoms with Crippen LogP contribution in [-0.4, -0.2) is 89.4 Å². The molecule has 0 saturated carbocycles.